The maximum Gasteiger partial charge on any atom is 0.265 e. The molecule has 1 fully saturated rings. The van der Waals surface area contributed by atoms with Crippen molar-refractivity contribution in [2.45, 2.75) is 29.1 Å². The molecule has 2 heterocycles. The highest BCUT2D eigenvalue weighted by molar-refractivity contribution is 7.93. The van der Waals surface area contributed by atoms with E-state index in [0.29, 0.717) is 24.2 Å². The number of methoxy groups -OCH3 is 1. The van der Waals surface area contributed by atoms with Crippen LogP contribution in [0.1, 0.15) is 19.3 Å². The Morgan fingerprint density at radius 2 is 1.74 bits per heavy atom. The fourth-order valence-corrected chi connectivity index (χ4v) is 8.15. The number of hydrogen-bond donors (Lipinski definition) is 1. The first-order valence-electron chi connectivity index (χ1n) is 12.0. The van der Waals surface area contributed by atoms with E-state index >= 15 is 0 Å². The maximum absolute atomic E-state index is 14.1. The van der Waals surface area contributed by atoms with Crippen LogP contribution >= 0.6 is 0 Å². The molecule has 0 radical (unpaired) electrons. The molecule has 0 spiro atoms. The Kier molecular flexibility index (Phi) is 6.88. The number of nitrogens with one attached hydrogen (secondary N) is 1. The molecule has 3 aromatic rings. The molecular formula is C26H26FN3O6S2. The minimum absolute atomic E-state index is 0.0368. The van der Waals surface area contributed by atoms with Gasteiger partial charge in [0, 0.05) is 29.9 Å². The summed E-state index contributed by atoms with van der Waals surface area (Å²) in [4.78, 5) is 13.0. The monoisotopic (exact) mass is 559 g/mol. The number of halogens is 1. The lowest BCUT2D eigenvalue weighted by molar-refractivity contribution is -0.114. The van der Waals surface area contributed by atoms with Gasteiger partial charge in [0.15, 0.2) is 0 Å². The molecule has 5 rings (SSSR count). The molecule has 0 aliphatic carbocycles. The van der Waals surface area contributed by atoms with Crippen LogP contribution in [0.4, 0.5) is 15.8 Å². The molecule has 2 aliphatic heterocycles. The molecule has 12 heteroatoms. The Hall–Kier alpha value is -3.48. The van der Waals surface area contributed by atoms with Crippen molar-refractivity contribution >= 4 is 37.3 Å². The van der Waals surface area contributed by atoms with E-state index in [1.165, 1.54) is 47.8 Å². The van der Waals surface area contributed by atoms with Gasteiger partial charge in [0.05, 0.1) is 17.7 Å². The predicted molar refractivity (Wildman–Crippen MR) is 141 cm³/mol. The van der Waals surface area contributed by atoms with Crippen molar-refractivity contribution in [3.63, 3.8) is 0 Å². The third-order valence-corrected chi connectivity index (χ3v) is 10.4. The highest BCUT2D eigenvalue weighted by Gasteiger charge is 2.36. The van der Waals surface area contributed by atoms with Gasteiger partial charge >= 0.3 is 0 Å². The van der Waals surface area contributed by atoms with E-state index in [0.717, 1.165) is 29.6 Å². The fourth-order valence-electron chi connectivity index (χ4n) is 4.81. The van der Waals surface area contributed by atoms with Crippen LogP contribution in [0, 0.1) is 5.82 Å². The van der Waals surface area contributed by atoms with Gasteiger partial charge in [-0.2, -0.15) is 4.31 Å². The van der Waals surface area contributed by atoms with Crippen molar-refractivity contribution in [2.24, 2.45) is 0 Å². The molecule has 200 valence electrons. The predicted octanol–water partition coefficient (Wildman–Crippen LogP) is 3.82. The average molecular weight is 560 g/mol. The molecule has 9 nitrogen and oxygen atoms in total. The molecule has 1 amide bonds. The van der Waals surface area contributed by atoms with Gasteiger partial charge in [-0.3, -0.25) is 9.10 Å². The molecule has 3 aromatic carbocycles. The maximum atomic E-state index is 14.1. The van der Waals surface area contributed by atoms with Crippen LogP contribution < -0.4 is 14.4 Å². The number of carbonyl (C=O) groups excluding carboxylic acids is 1. The Morgan fingerprint density at radius 3 is 2.47 bits per heavy atom. The average Bonchev–Trinajstić information content (AvgIpc) is 2.91. The third kappa shape index (κ3) is 4.63. The summed E-state index contributed by atoms with van der Waals surface area (Å²) in [5.74, 6) is -1.10. The summed E-state index contributed by atoms with van der Waals surface area (Å²) in [6.07, 6.45) is 2.48. The highest BCUT2D eigenvalue weighted by Crippen LogP contribution is 2.43. The Balaban J connectivity index is 1.45. The van der Waals surface area contributed by atoms with Crippen molar-refractivity contribution in [2.75, 3.05) is 36.4 Å². The van der Waals surface area contributed by atoms with E-state index in [1.807, 2.05) is 0 Å². The minimum Gasteiger partial charge on any atom is -0.495 e. The van der Waals surface area contributed by atoms with Crippen LogP contribution in [-0.4, -0.2) is 53.8 Å². The summed E-state index contributed by atoms with van der Waals surface area (Å²) in [6.45, 7) is 0.197. The summed E-state index contributed by atoms with van der Waals surface area (Å²) in [6, 6.07) is 14.1. The fraction of sp³-hybridized carbons (Fsp3) is 0.269. The number of rotatable bonds is 6. The zero-order valence-electron chi connectivity index (χ0n) is 20.6. The lowest BCUT2D eigenvalue weighted by Crippen LogP contribution is -2.40. The molecule has 0 bridgehead atoms. The first kappa shape index (κ1) is 26.1. The number of fused-ring (bicyclic) bond motifs is 3. The second kappa shape index (κ2) is 10.0. The number of ether oxygens (including phenoxy) is 1. The van der Waals surface area contributed by atoms with Gasteiger partial charge in [-0.1, -0.05) is 24.6 Å². The van der Waals surface area contributed by atoms with Gasteiger partial charge in [0.1, 0.15) is 23.0 Å². The lowest BCUT2D eigenvalue weighted by Gasteiger charge is -2.31. The molecule has 2 aliphatic rings. The number of hydrogen-bond acceptors (Lipinski definition) is 6. The van der Waals surface area contributed by atoms with Crippen LogP contribution in [0.2, 0.25) is 0 Å². The van der Waals surface area contributed by atoms with E-state index in [1.54, 1.807) is 18.2 Å². The molecular weight excluding hydrogens is 533 g/mol. The van der Waals surface area contributed by atoms with Crippen molar-refractivity contribution in [3.8, 4) is 16.9 Å². The molecule has 1 saturated heterocycles. The van der Waals surface area contributed by atoms with E-state index in [-0.39, 0.29) is 26.9 Å². The number of amides is 1. The second-order valence-corrected chi connectivity index (χ2v) is 12.8. The van der Waals surface area contributed by atoms with E-state index in [4.69, 9.17) is 4.74 Å². The Labute approximate surface area is 220 Å². The van der Waals surface area contributed by atoms with Gasteiger partial charge < -0.3 is 10.1 Å². The lowest BCUT2D eigenvalue weighted by atomic mass is 10.0. The number of anilines is 2. The third-order valence-electron chi connectivity index (χ3n) is 6.64. The summed E-state index contributed by atoms with van der Waals surface area (Å²) in [5, 5.41) is 2.60. The summed E-state index contributed by atoms with van der Waals surface area (Å²) < 4.78 is 75.2. The van der Waals surface area contributed by atoms with Crippen LogP contribution in [0.15, 0.2) is 70.5 Å². The Morgan fingerprint density at radius 1 is 1.00 bits per heavy atom. The van der Waals surface area contributed by atoms with Gasteiger partial charge in [-0.15, -0.1) is 0 Å². The largest absolute Gasteiger partial charge is 0.495 e. The molecule has 0 atom stereocenters. The number of nitrogens with zero attached hydrogens (tertiary/aromatic N) is 2. The van der Waals surface area contributed by atoms with Crippen LogP contribution in [0.5, 0.6) is 5.75 Å². The first-order valence-corrected chi connectivity index (χ1v) is 14.9. The number of piperidine rings is 1. The normalized spacial score (nSPS) is 16.8. The van der Waals surface area contributed by atoms with Crippen LogP contribution in [0.3, 0.4) is 0 Å². The molecule has 0 unspecified atom stereocenters. The molecule has 0 saturated carbocycles. The quantitative estimate of drug-likeness (QED) is 0.491. The number of sulfonamides is 2. The standard InChI is InChI=1S/C26H26FN3O6S2/c1-36-23-12-10-19(16-25(23)37(32,33)29-13-5-2-6-14-29)28-26(31)17-30-22-11-9-18(27)15-21(22)20-7-3-4-8-24(20)38(30,34)35/h3-4,7-12,15-16H,2,5-6,13-14,17H2,1H3,(H,28,31). The molecule has 0 aromatic heterocycles. The summed E-state index contributed by atoms with van der Waals surface area (Å²) in [5.41, 5.74) is 1.04. The van der Waals surface area contributed by atoms with Gasteiger partial charge in [0.2, 0.25) is 15.9 Å². The molecule has 38 heavy (non-hydrogen) atoms. The highest BCUT2D eigenvalue weighted by atomic mass is 32.2. The molecule has 1 N–H and O–H groups in total. The van der Waals surface area contributed by atoms with Crippen molar-refractivity contribution < 1.29 is 30.8 Å². The van der Waals surface area contributed by atoms with Crippen molar-refractivity contribution in [1.82, 2.24) is 4.31 Å². The van der Waals surface area contributed by atoms with E-state index in [9.17, 15) is 26.0 Å². The van der Waals surface area contributed by atoms with Crippen molar-refractivity contribution in [1.29, 1.82) is 0 Å². The van der Waals surface area contributed by atoms with E-state index < -0.39 is 38.3 Å². The van der Waals surface area contributed by atoms with Gasteiger partial charge in [-0.05, 0) is 55.3 Å². The zero-order valence-corrected chi connectivity index (χ0v) is 22.2. The minimum atomic E-state index is -4.13. The number of carbonyl (C=O) groups is 1. The SMILES string of the molecule is COc1ccc(NC(=O)CN2c3ccc(F)cc3-c3ccccc3S2(=O)=O)cc1S(=O)(=O)N1CCCCC1. The second-order valence-electron chi connectivity index (χ2n) is 9.05. The van der Waals surface area contributed by atoms with Gasteiger partial charge in [-0.25, -0.2) is 21.2 Å². The first-order chi connectivity index (χ1) is 18.1. The van der Waals surface area contributed by atoms with Crippen molar-refractivity contribution in [3.05, 3.63) is 66.5 Å². The summed E-state index contributed by atoms with van der Waals surface area (Å²) >= 11 is 0. The van der Waals surface area contributed by atoms with Gasteiger partial charge in [0.25, 0.3) is 10.0 Å². The Bertz CT molecular complexity index is 1620. The topological polar surface area (TPSA) is 113 Å². The van der Waals surface area contributed by atoms with Crippen LogP contribution in [0.25, 0.3) is 11.1 Å². The van der Waals surface area contributed by atoms with Crippen LogP contribution in [-0.2, 0) is 24.8 Å². The summed E-state index contributed by atoms with van der Waals surface area (Å²) in [7, 11) is -6.63. The van der Waals surface area contributed by atoms with E-state index in [2.05, 4.69) is 5.32 Å². The number of benzene rings is 3. The smallest absolute Gasteiger partial charge is 0.265 e. The zero-order chi connectivity index (χ0) is 27.1.